The van der Waals surface area contributed by atoms with E-state index < -0.39 is 16.0 Å². The summed E-state index contributed by atoms with van der Waals surface area (Å²) in [5, 5.41) is 8.88. The van der Waals surface area contributed by atoms with Gasteiger partial charge >= 0.3 is 5.97 Å². The van der Waals surface area contributed by atoms with Crippen LogP contribution in [0.2, 0.25) is 0 Å². The lowest BCUT2D eigenvalue weighted by molar-refractivity contribution is -0.138. The van der Waals surface area contributed by atoms with Gasteiger partial charge in [0, 0.05) is 31.1 Å². The van der Waals surface area contributed by atoms with Gasteiger partial charge in [0.1, 0.15) is 0 Å². The van der Waals surface area contributed by atoms with Crippen molar-refractivity contribution in [2.45, 2.75) is 38.6 Å². The molecule has 1 saturated heterocycles. The minimum Gasteiger partial charge on any atom is -0.481 e. The Morgan fingerprint density at radius 3 is 2.46 bits per heavy atom. The normalized spacial score (nSPS) is 20.9. The molecule has 0 radical (unpaired) electrons. The quantitative estimate of drug-likeness (QED) is 0.858. The molecule has 1 atom stereocenters. The molecule has 0 bridgehead atoms. The maximum Gasteiger partial charge on any atom is 0.303 e. The number of rotatable bonds is 4. The number of carbonyl (C=O) groups excluding carboxylic acids is 1. The third-order valence-corrected chi connectivity index (χ3v) is 6.47. The highest BCUT2D eigenvalue weighted by molar-refractivity contribution is 7.92. The first-order chi connectivity index (χ1) is 12.2. The number of fused-ring (bicyclic) bond motifs is 1. The molecule has 142 valence electrons. The van der Waals surface area contributed by atoms with Crippen LogP contribution in [0.5, 0.6) is 0 Å². The summed E-state index contributed by atoms with van der Waals surface area (Å²) in [5.74, 6) is -0.745. The van der Waals surface area contributed by atoms with E-state index in [1.807, 2.05) is 6.92 Å². The summed E-state index contributed by atoms with van der Waals surface area (Å²) in [6, 6.07) is 5.03. The fourth-order valence-electron chi connectivity index (χ4n) is 4.01. The van der Waals surface area contributed by atoms with Crippen molar-refractivity contribution in [3.63, 3.8) is 0 Å². The summed E-state index contributed by atoms with van der Waals surface area (Å²) in [4.78, 5) is 25.3. The van der Waals surface area contributed by atoms with Gasteiger partial charge in [0.15, 0.2) is 0 Å². The summed E-state index contributed by atoms with van der Waals surface area (Å²) in [6.45, 7) is 2.97. The predicted molar refractivity (Wildman–Crippen MR) is 97.8 cm³/mol. The zero-order valence-corrected chi connectivity index (χ0v) is 15.8. The Balaban J connectivity index is 1.73. The number of nitrogens with zero attached hydrogens (tertiary/aromatic N) is 2. The molecule has 2 heterocycles. The van der Waals surface area contributed by atoms with Crippen LogP contribution in [0.15, 0.2) is 18.2 Å². The van der Waals surface area contributed by atoms with Gasteiger partial charge < -0.3 is 10.0 Å². The Bertz CT molecular complexity index is 828. The van der Waals surface area contributed by atoms with E-state index in [0.717, 1.165) is 5.56 Å². The minimum absolute atomic E-state index is 0.0768. The van der Waals surface area contributed by atoms with Crippen LogP contribution >= 0.6 is 0 Å². The molecule has 8 heteroatoms. The number of carbonyl (C=O) groups is 2. The molecule has 7 nitrogen and oxygen atoms in total. The largest absolute Gasteiger partial charge is 0.481 e. The lowest BCUT2D eigenvalue weighted by Crippen LogP contribution is -2.39. The molecule has 0 aliphatic carbocycles. The van der Waals surface area contributed by atoms with Crippen LogP contribution < -0.4 is 4.31 Å². The number of likely N-dealkylation sites (tertiary alicyclic amines) is 1. The van der Waals surface area contributed by atoms with E-state index in [0.29, 0.717) is 43.6 Å². The zero-order chi connectivity index (χ0) is 19.1. The molecule has 0 aromatic heterocycles. The number of hydrogen-bond acceptors (Lipinski definition) is 4. The van der Waals surface area contributed by atoms with Gasteiger partial charge in [-0.05, 0) is 55.9 Å². The molecule has 1 amide bonds. The molecule has 1 N–H and O–H groups in total. The molecule has 1 aromatic rings. The second-order valence-corrected chi connectivity index (χ2v) is 9.15. The van der Waals surface area contributed by atoms with Crippen molar-refractivity contribution in [3.05, 3.63) is 29.3 Å². The summed E-state index contributed by atoms with van der Waals surface area (Å²) in [5.41, 5.74) is 2.08. The van der Waals surface area contributed by atoms with E-state index in [1.165, 1.54) is 10.6 Å². The lowest BCUT2D eigenvalue weighted by atomic mass is 9.93. The average molecular weight is 380 g/mol. The first kappa shape index (κ1) is 18.7. The van der Waals surface area contributed by atoms with E-state index in [4.69, 9.17) is 5.11 Å². The second kappa shape index (κ2) is 6.90. The number of aliphatic carboxylic acids is 1. The number of anilines is 1. The average Bonchev–Trinajstić information content (AvgIpc) is 2.89. The summed E-state index contributed by atoms with van der Waals surface area (Å²) >= 11 is 0. The topological polar surface area (TPSA) is 95.0 Å². The second-order valence-electron chi connectivity index (χ2n) is 7.29. The smallest absolute Gasteiger partial charge is 0.303 e. The molecule has 26 heavy (non-hydrogen) atoms. The summed E-state index contributed by atoms with van der Waals surface area (Å²) in [6.07, 6.45) is 3.33. The molecular formula is C18H24N2O5S. The number of hydrogen-bond donors (Lipinski definition) is 1. The molecule has 0 saturated carbocycles. The number of benzene rings is 1. The third kappa shape index (κ3) is 3.70. The monoisotopic (exact) mass is 380 g/mol. The predicted octanol–water partition coefficient (Wildman–Crippen LogP) is 1.72. The summed E-state index contributed by atoms with van der Waals surface area (Å²) in [7, 11) is -3.34. The van der Waals surface area contributed by atoms with Gasteiger partial charge in [-0.3, -0.25) is 13.9 Å². The van der Waals surface area contributed by atoms with Crippen molar-refractivity contribution in [3.8, 4) is 0 Å². The molecular weight excluding hydrogens is 356 g/mol. The van der Waals surface area contributed by atoms with Crippen LogP contribution in [0.1, 0.15) is 42.1 Å². The van der Waals surface area contributed by atoms with E-state index in [1.54, 1.807) is 23.1 Å². The van der Waals surface area contributed by atoms with E-state index >= 15 is 0 Å². The van der Waals surface area contributed by atoms with Gasteiger partial charge in [-0.25, -0.2) is 8.42 Å². The van der Waals surface area contributed by atoms with Crippen LogP contribution in [-0.4, -0.2) is 55.7 Å². The molecule has 3 rings (SSSR count). The number of amides is 1. The van der Waals surface area contributed by atoms with Gasteiger partial charge in [0.05, 0.1) is 11.9 Å². The highest BCUT2D eigenvalue weighted by Gasteiger charge is 2.33. The standard InChI is InChI=1S/C18H24N2O5S/c1-12-9-15-11-14(3-4-16(15)20(12)26(2,24)25)18(23)19-7-5-13(6-8-19)10-17(21)22/h3-4,11-13H,5-10H2,1-2H3,(H,21,22). The molecule has 0 spiro atoms. The van der Waals surface area contributed by atoms with Crippen molar-refractivity contribution in [2.24, 2.45) is 5.92 Å². The minimum atomic E-state index is -3.34. The van der Waals surface area contributed by atoms with Gasteiger partial charge in [-0.15, -0.1) is 0 Å². The molecule has 1 unspecified atom stereocenters. The molecule has 1 fully saturated rings. The third-order valence-electron chi connectivity index (χ3n) is 5.20. The lowest BCUT2D eigenvalue weighted by Gasteiger charge is -2.31. The fraction of sp³-hybridized carbons (Fsp3) is 0.556. The first-order valence-electron chi connectivity index (χ1n) is 8.80. The number of sulfonamides is 1. The van der Waals surface area contributed by atoms with Crippen LogP contribution in [0.25, 0.3) is 0 Å². The van der Waals surface area contributed by atoms with Gasteiger partial charge in [0.2, 0.25) is 10.0 Å². The van der Waals surface area contributed by atoms with Crippen molar-refractivity contribution >= 4 is 27.6 Å². The van der Waals surface area contributed by atoms with Crippen molar-refractivity contribution in [1.29, 1.82) is 0 Å². The van der Waals surface area contributed by atoms with Gasteiger partial charge in [-0.1, -0.05) is 0 Å². The molecule has 2 aliphatic heterocycles. The van der Waals surface area contributed by atoms with Crippen LogP contribution in [0.3, 0.4) is 0 Å². The van der Waals surface area contributed by atoms with E-state index in [9.17, 15) is 18.0 Å². The Kier molecular flexibility index (Phi) is 4.96. The van der Waals surface area contributed by atoms with Crippen molar-refractivity contribution < 1.29 is 23.1 Å². The Labute approximate surface area is 153 Å². The van der Waals surface area contributed by atoms with Crippen molar-refractivity contribution in [2.75, 3.05) is 23.7 Å². The molecule has 1 aromatic carbocycles. The van der Waals surface area contributed by atoms with Gasteiger partial charge in [0.25, 0.3) is 5.91 Å². The number of piperidine rings is 1. The number of carboxylic acid groups (broad SMARTS) is 1. The summed E-state index contributed by atoms with van der Waals surface area (Å²) < 4.78 is 25.4. The highest BCUT2D eigenvalue weighted by atomic mass is 32.2. The van der Waals surface area contributed by atoms with Gasteiger partial charge in [-0.2, -0.15) is 0 Å². The SMILES string of the molecule is CC1Cc2cc(C(=O)N3CCC(CC(=O)O)CC3)ccc2N1S(C)(=O)=O. The van der Waals surface area contributed by atoms with Crippen LogP contribution in [0.4, 0.5) is 5.69 Å². The molecule has 2 aliphatic rings. The Hall–Kier alpha value is -2.09. The Morgan fingerprint density at radius 2 is 1.88 bits per heavy atom. The Morgan fingerprint density at radius 1 is 1.23 bits per heavy atom. The zero-order valence-electron chi connectivity index (χ0n) is 15.0. The van der Waals surface area contributed by atoms with Crippen LogP contribution in [-0.2, 0) is 21.2 Å². The fourth-order valence-corrected chi connectivity index (χ4v) is 5.27. The van der Waals surface area contributed by atoms with E-state index in [-0.39, 0.29) is 24.3 Å². The van der Waals surface area contributed by atoms with E-state index in [2.05, 4.69) is 0 Å². The first-order valence-corrected chi connectivity index (χ1v) is 10.6. The number of carboxylic acids is 1. The maximum absolute atomic E-state index is 12.8. The van der Waals surface area contributed by atoms with Crippen molar-refractivity contribution in [1.82, 2.24) is 4.90 Å². The maximum atomic E-state index is 12.8. The highest BCUT2D eigenvalue weighted by Crippen LogP contribution is 2.35. The van der Waals surface area contributed by atoms with Crippen LogP contribution in [0, 0.1) is 5.92 Å².